The standard InChI is InChI=1S/C28H54O5/c1-4-7-9-10-11-12-13-14-15-16-17-18-19-21-27(29)32-24-22-31-23-25-33-28(30)26(6-3)20-8-5-2/h26H,4-25H2,1-3H3. The summed E-state index contributed by atoms with van der Waals surface area (Å²) in [6, 6.07) is 0. The van der Waals surface area contributed by atoms with Crippen LogP contribution in [0.1, 0.15) is 136 Å². The van der Waals surface area contributed by atoms with Gasteiger partial charge in [0.25, 0.3) is 0 Å². The molecule has 0 aromatic rings. The molecule has 196 valence electrons. The Morgan fingerprint density at radius 3 is 1.58 bits per heavy atom. The van der Waals surface area contributed by atoms with Gasteiger partial charge in [0.05, 0.1) is 19.1 Å². The predicted molar refractivity (Wildman–Crippen MR) is 136 cm³/mol. The summed E-state index contributed by atoms with van der Waals surface area (Å²) in [4.78, 5) is 23.7. The summed E-state index contributed by atoms with van der Waals surface area (Å²) in [6.07, 6.45) is 21.2. The third-order valence-electron chi connectivity index (χ3n) is 6.18. The van der Waals surface area contributed by atoms with E-state index in [1.54, 1.807) is 0 Å². The maximum absolute atomic E-state index is 12.0. The van der Waals surface area contributed by atoms with Crippen LogP contribution in [0.2, 0.25) is 0 Å². The Kier molecular flexibility index (Phi) is 24.7. The first kappa shape index (κ1) is 31.9. The molecule has 0 N–H and O–H groups in total. The molecule has 0 radical (unpaired) electrons. The van der Waals surface area contributed by atoms with Crippen molar-refractivity contribution in [1.29, 1.82) is 0 Å². The van der Waals surface area contributed by atoms with Crippen molar-refractivity contribution in [3.05, 3.63) is 0 Å². The second-order valence-corrected chi connectivity index (χ2v) is 9.24. The van der Waals surface area contributed by atoms with Crippen molar-refractivity contribution in [2.45, 2.75) is 136 Å². The Balaban J connectivity index is 3.36. The molecule has 33 heavy (non-hydrogen) atoms. The molecule has 0 aromatic carbocycles. The van der Waals surface area contributed by atoms with Gasteiger partial charge in [-0.15, -0.1) is 0 Å². The molecular weight excluding hydrogens is 416 g/mol. The monoisotopic (exact) mass is 470 g/mol. The van der Waals surface area contributed by atoms with Gasteiger partial charge in [0.15, 0.2) is 0 Å². The Hall–Kier alpha value is -1.10. The Morgan fingerprint density at radius 1 is 0.576 bits per heavy atom. The van der Waals surface area contributed by atoms with Gasteiger partial charge in [0.1, 0.15) is 13.2 Å². The molecule has 1 atom stereocenters. The maximum atomic E-state index is 12.0. The summed E-state index contributed by atoms with van der Waals surface area (Å²) in [6.45, 7) is 7.61. The van der Waals surface area contributed by atoms with Crippen LogP contribution in [0.5, 0.6) is 0 Å². The SMILES string of the molecule is CCCCCCCCCCCCCCCC(=O)OCCOCCOC(=O)C(CC)CCCC. The zero-order chi connectivity index (χ0) is 24.4. The summed E-state index contributed by atoms with van der Waals surface area (Å²) >= 11 is 0. The molecular formula is C28H54O5. The largest absolute Gasteiger partial charge is 0.463 e. The number of hydrogen-bond donors (Lipinski definition) is 0. The van der Waals surface area contributed by atoms with Crippen LogP contribution >= 0.6 is 0 Å². The second kappa shape index (κ2) is 25.5. The van der Waals surface area contributed by atoms with Gasteiger partial charge in [-0.2, -0.15) is 0 Å². The number of unbranched alkanes of at least 4 members (excludes halogenated alkanes) is 13. The van der Waals surface area contributed by atoms with Crippen LogP contribution in [0.15, 0.2) is 0 Å². The molecule has 5 nitrogen and oxygen atoms in total. The fourth-order valence-electron chi connectivity index (χ4n) is 3.93. The number of carbonyl (C=O) groups excluding carboxylic acids is 2. The van der Waals surface area contributed by atoms with E-state index < -0.39 is 0 Å². The van der Waals surface area contributed by atoms with E-state index >= 15 is 0 Å². The Bertz CT molecular complexity index is 438. The van der Waals surface area contributed by atoms with Crippen LogP contribution in [0.25, 0.3) is 0 Å². The first-order valence-electron chi connectivity index (χ1n) is 14.1. The number of esters is 2. The van der Waals surface area contributed by atoms with Gasteiger partial charge in [-0.3, -0.25) is 9.59 Å². The van der Waals surface area contributed by atoms with Crippen molar-refractivity contribution in [1.82, 2.24) is 0 Å². The average molecular weight is 471 g/mol. The van der Waals surface area contributed by atoms with Crippen LogP contribution in [0, 0.1) is 5.92 Å². The molecule has 0 fully saturated rings. The average Bonchev–Trinajstić information content (AvgIpc) is 2.81. The van der Waals surface area contributed by atoms with E-state index in [2.05, 4.69) is 13.8 Å². The lowest BCUT2D eigenvalue weighted by Gasteiger charge is -2.13. The van der Waals surface area contributed by atoms with E-state index in [1.807, 2.05) is 6.92 Å². The number of rotatable bonds is 25. The Labute approximate surface area is 204 Å². The smallest absolute Gasteiger partial charge is 0.308 e. The normalized spacial score (nSPS) is 12.0. The molecule has 0 bridgehead atoms. The number of carbonyl (C=O) groups is 2. The minimum absolute atomic E-state index is 0.00369. The highest BCUT2D eigenvalue weighted by atomic mass is 16.6. The van der Waals surface area contributed by atoms with E-state index in [-0.39, 0.29) is 31.1 Å². The van der Waals surface area contributed by atoms with Crippen LogP contribution in [0.3, 0.4) is 0 Å². The van der Waals surface area contributed by atoms with Crippen molar-refractivity contribution in [2.24, 2.45) is 5.92 Å². The molecule has 5 heteroatoms. The van der Waals surface area contributed by atoms with E-state index in [9.17, 15) is 9.59 Å². The number of hydrogen-bond acceptors (Lipinski definition) is 5. The lowest BCUT2D eigenvalue weighted by Crippen LogP contribution is -2.20. The summed E-state index contributed by atoms with van der Waals surface area (Å²) in [7, 11) is 0. The van der Waals surface area contributed by atoms with Gasteiger partial charge >= 0.3 is 11.9 Å². The van der Waals surface area contributed by atoms with Crippen molar-refractivity contribution >= 4 is 11.9 Å². The third-order valence-corrected chi connectivity index (χ3v) is 6.18. The minimum Gasteiger partial charge on any atom is -0.463 e. The molecule has 0 aliphatic heterocycles. The van der Waals surface area contributed by atoms with E-state index in [0.717, 1.165) is 38.5 Å². The molecule has 0 heterocycles. The number of ether oxygens (including phenoxy) is 3. The lowest BCUT2D eigenvalue weighted by molar-refractivity contribution is -0.150. The predicted octanol–water partition coefficient (Wildman–Crippen LogP) is 7.79. The van der Waals surface area contributed by atoms with Gasteiger partial charge in [0.2, 0.25) is 0 Å². The summed E-state index contributed by atoms with van der Waals surface area (Å²) in [5, 5.41) is 0. The van der Waals surface area contributed by atoms with Crippen molar-refractivity contribution in [3.63, 3.8) is 0 Å². The van der Waals surface area contributed by atoms with Gasteiger partial charge in [-0.1, -0.05) is 111 Å². The van der Waals surface area contributed by atoms with Crippen LogP contribution in [-0.4, -0.2) is 38.4 Å². The fraction of sp³-hybridized carbons (Fsp3) is 0.929. The molecule has 0 aliphatic carbocycles. The second-order valence-electron chi connectivity index (χ2n) is 9.24. The minimum atomic E-state index is -0.144. The molecule has 0 aliphatic rings. The summed E-state index contributed by atoms with van der Waals surface area (Å²) < 4.78 is 15.9. The highest BCUT2D eigenvalue weighted by Crippen LogP contribution is 2.14. The first-order valence-corrected chi connectivity index (χ1v) is 14.1. The van der Waals surface area contributed by atoms with E-state index in [4.69, 9.17) is 14.2 Å². The molecule has 0 spiro atoms. The van der Waals surface area contributed by atoms with Crippen molar-refractivity contribution in [3.8, 4) is 0 Å². The van der Waals surface area contributed by atoms with Crippen LogP contribution < -0.4 is 0 Å². The van der Waals surface area contributed by atoms with Gasteiger partial charge in [-0.05, 0) is 19.3 Å². The van der Waals surface area contributed by atoms with Gasteiger partial charge < -0.3 is 14.2 Å². The maximum Gasteiger partial charge on any atom is 0.308 e. The zero-order valence-corrected chi connectivity index (χ0v) is 22.2. The molecule has 0 rings (SSSR count). The third kappa shape index (κ3) is 22.5. The van der Waals surface area contributed by atoms with E-state index in [1.165, 1.54) is 70.6 Å². The molecule has 1 unspecified atom stereocenters. The van der Waals surface area contributed by atoms with Crippen molar-refractivity contribution in [2.75, 3.05) is 26.4 Å². The lowest BCUT2D eigenvalue weighted by atomic mass is 10.00. The highest BCUT2D eigenvalue weighted by molar-refractivity contribution is 5.72. The topological polar surface area (TPSA) is 61.8 Å². The van der Waals surface area contributed by atoms with Gasteiger partial charge in [0, 0.05) is 6.42 Å². The summed E-state index contributed by atoms with van der Waals surface area (Å²) in [5.74, 6) is -0.274. The fourth-order valence-corrected chi connectivity index (χ4v) is 3.93. The van der Waals surface area contributed by atoms with Gasteiger partial charge in [-0.25, -0.2) is 0 Å². The zero-order valence-electron chi connectivity index (χ0n) is 22.2. The summed E-state index contributed by atoms with van der Waals surface area (Å²) in [5.41, 5.74) is 0. The van der Waals surface area contributed by atoms with Crippen LogP contribution in [-0.2, 0) is 23.8 Å². The highest BCUT2D eigenvalue weighted by Gasteiger charge is 2.16. The van der Waals surface area contributed by atoms with Crippen LogP contribution in [0.4, 0.5) is 0 Å². The quantitative estimate of drug-likeness (QED) is 0.101. The van der Waals surface area contributed by atoms with Crippen molar-refractivity contribution < 1.29 is 23.8 Å². The Morgan fingerprint density at radius 2 is 1.06 bits per heavy atom. The first-order chi connectivity index (χ1) is 16.2. The molecule has 0 saturated heterocycles. The van der Waals surface area contributed by atoms with E-state index in [0.29, 0.717) is 19.6 Å². The molecule has 0 amide bonds. The molecule has 0 aromatic heterocycles. The molecule has 0 saturated carbocycles.